The van der Waals surface area contributed by atoms with Gasteiger partial charge in [-0.1, -0.05) is 18.9 Å². The Morgan fingerprint density at radius 3 is 2.42 bits per heavy atom. The second-order valence-corrected chi connectivity index (χ2v) is 6.88. The summed E-state index contributed by atoms with van der Waals surface area (Å²) in [7, 11) is 0. The van der Waals surface area contributed by atoms with Gasteiger partial charge in [0.2, 0.25) is 5.95 Å². The lowest BCUT2D eigenvalue weighted by Crippen LogP contribution is -2.47. The van der Waals surface area contributed by atoms with Crippen molar-refractivity contribution in [3.8, 4) is 0 Å². The zero-order chi connectivity index (χ0) is 16.4. The van der Waals surface area contributed by atoms with Crippen molar-refractivity contribution in [1.29, 1.82) is 0 Å². The minimum Gasteiger partial charge on any atom is -0.353 e. The molecule has 2 aliphatic rings. The first kappa shape index (κ1) is 15.4. The average Bonchev–Trinajstić information content (AvgIpc) is 3.17. The molecule has 2 aromatic heterocycles. The van der Waals surface area contributed by atoms with Gasteiger partial charge in [-0.3, -0.25) is 0 Å². The van der Waals surface area contributed by atoms with E-state index >= 15 is 0 Å². The Bertz CT molecular complexity index is 688. The lowest BCUT2D eigenvalue weighted by Gasteiger charge is -2.36. The van der Waals surface area contributed by atoms with Crippen molar-refractivity contribution in [3.63, 3.8) is 0 Å². The predicted molar refractivity (Wildman–Crippen MR) is 96.6 cm³/mol. The lowest BCUT2D eigenvalue weighted by atomic mass is 10.0. The quantitative estimate of drug-likeness (QED) is 0.868. The first-order valence-corrected chi connectivity index (χ1v) is 9.06. The summed E-state index contributed by atoms with van der Waals surface area (Å²) in [6, 6.07) is 6.23. The normalized spacial score (nSPS) is 19.0. The summed E-state index contributed by atoms with van der Waals surface area (Å²) >= 11 is 0. The van der Waals surface area contributed by atoms with E-state index in [1.54, 1.807) is 0 Å². The van der Waals surface area contributed by atoms with Crippen LogP contribution in [0.25, 0.3) is 0 Å². The Morgan fingerprint density at radius 1 is 0.917 bits per heavy atom. The maximum atomic E-state index is 4.87. The van der Waals surface area contributed by atoms with E-state index in [9.17, 15) is 0 Å². The monoisotopic (exact) mass is 323 g/mol. The molecule has 24 heavy (non-hydrogen) atoms. The molecule has 0 amide bonds. The fourth-order valence-electron chi connectivity index (χ4n) is 3.89. The van der Waals surface area contributed by atoms with E-state index in [2.05, 4.69) is 38.8 Å². The molecule has 2 aromatic rings. The molecule has 0 radical (unpaired) electrons. The van der Waals surface area contributed by atoms with Crippen LogP contribution in [0.3, 0.4) is 0 Å². The molecule has 0 N–H and O–H groups in total. The van der Waals surface area contributed by atoms with Crippen LogP contribution in [0.5, 0.6) is 0 Å². The van der Waals surface area contributed by atoms with E-state index in [1.165, 1.54) is 36.9 Å². The molecule has 0 atom stereocenters. The SMILES string of the molecule is Cc1cccnc1N1CCN(c2nccc(C3CCCC3)n2)CC1. The number of pyridine rings is 1. The summed E-state index contributed by atoms with van der Waals surface area (Å²) in [5, 5.41) is 0. The van der Waals surface area contributed by atoms with E-state index < -0.39 is 0 Å². The molecule has 4 rings (SSSR count). The first-order valence-electron chi connectivity index (χ1n) is 9.06. The minimum atomic E-state index is 0.643. The molecule has 3 heterocycles. The van der Waals surface area contributed by atoms with Crippen LogP contribution in [0, 0.1) is 6.92 Å². The van der Waals surface area contributed by atoms with Crippen molar-refractivity contribution in [2.75, 3.05) is 36.0 Å². The van der Waals surface area contributed by atoms with Crippen molar-refractivity contribution >= 4 is 11.8 Å². The third-order valence-electron chi connectivity index (χ3n) is 5.28. The second kappa shape index (κ2) is 6.75. The molecular weight excluding hydrogens is 298 g/mol. The van der Waals surface area contributed by atoms with Crippen molar-refractivity contribution in [1.82, 2.24) is 15.0 Å². The summed E-state index contributed by atoms with van der Waals surface area (Å²) in [4.78, 5) is 18.6. The Hall–Kier alpha value is -2.17. The molecule has 5 heteroatoms. The van der Waals surface area contributed by atoms with E-state index in [-0.39, 0.29) is 0 Å². The number of rotatable bonds is 3. The van der Waals surface area contributed by atoms with Crippen molar-refractivity contribution < 1.29 is 0 Å². The lowest BCUT2D eigenvalue weighted by molar-refractivity contribution is 0.625. The zero-order valence-corrected chi connectivity index (χ0v) is 14.4. The third kappa shape index (κ3) is 3.07. The highest BCUT2D eigenvalue weighted by atomic mass is 15.3. The highest BCUT2D eigenvalue weighted by molar-refractivity contribution is 5.48. The minimum absolute atomic E-state index is 0.643. The van der Waals surface area contributed by atoms with Gasteiger partial charge in [0.05, 0.1) is 0 Å². The molecule has 5 nitrogen and oxygen atoms in total. The summed E-state index contributed by atoms with van der Waals surface area (Å²) in [5.74, 6) is 2.65. The van der Waals surface area contributed by atoms with Crippen LogP contribution in [0.2, 0.25) is 0 Å². The number of aromatic nitrogens is 3. The third-order valence-corrected chi connectivity index (χ3v) is 5.28. The standard InChI is InChI=1S/C19H25N5/c1-15-5-4-9-20-18(15)23-11-13-24(14-12-23)19-21-10-8-17(22-19)16-6-2-3-7-16/h4-5,8-10,16H,2-3,6-7,11-14H2,1H3. The topological polar surface area (TPSA) is 45.2 Å². The highest BCUT2D eigenvalue weighted by Crippen LogP contribution is 2.33. The number of hydrogen-bond donors (Lipinski definition) is 0. The molecule has 1 saturated heterocycles. The van der Waals surface area contributed by atoms with Gasteiger partial charge in [0.15, 0.2) is 0 Å². The Labute approximate surface area is 143 Å². The molecule has 0 aromatic carbocycles. The van der Waals surface area contributed by atoms with E-state index in [1.807, 2.05) is 18.5 Å². The highest BCUT2D eigenvalue weighted by Gasteiger charge is 2.23. The van der Waals surface area contributed by atoms with E-state index in [4.69, 9.17) is 4.98 Å². The number of anilines is 2. The summed E-state index contributed by atoms with van der Waals surface area (Å²) < 4.78 is 0. The van der Waals surface area contributed by atoms with Gasteiger partial charge in [-0.15, -0.1) is 0 Å². The summed E-state index contributed by atoms with van der Waals surface area (Å²) in [5.41, 5.74) is 2.48. The fourth-order valence-corrected chi connectivity index (χ4v) is 3.89. The maximum Gasteiger partial charge on any atom is 0.225 e. The van der Waals surface area contributed by atoms with Crippen molar-refractivity contribution in [2.45, 2.75) is 38.5 Å². The van der Waals surface area contributed by atoms with Gasteiger partial charge in [0, 0.05) is 50.2 Å². The maximum absolute atomic E-state index is 4.87. The van der Waals surface area contributed by atoms with Gasteiger partial charge in [0.25, 0.3) is 0 Å². The fraction of sp³-hybridized carbons (Fsp3) is 0.526. The zero-order valence-electron chi connectivity index (χ0n) is 14.4. The van der Waals surface area contributed by atoms with Crippen LogP contribution in [0.15, 0.2) is 30.6 Å². The molecule has 1 aliphatic carbocycles. The molecule has 0 bridgehead atoms. The molecule has 0 unspecified atom stereocenters. The largest absolute Gasteiger partial charge is 0.353 e. The smallest absolute Gasteiger partial charge is 0.225 e. The van der Waals surface area contributed by atoms with Gasteiger partial charge in [-0.2, -0.15) is 0 Å². The van der Waals surface area contributed by atoms with Gasteiger partial charge in [-0.05, 0) is 37.5 Å². The van der Waals surface area contributed by atoms with Crippen LogP contribution in [-0.4, -0.2) is 41.1 Å². The number of hydrogen-bond acceptors (Lipinski definition) is 5. The molecule has 1 aliphatic heterocycles. The Morgan fingerprint density at radius 2 is 1.67 bits per heavy atom. The van der Waals surface area contributed by atoms with Gasteiger partial charge in [0.1, 0.15) is 5.82 Å². The molecule has 0 spiro atoms. The Balaban J connectivity index is 1.44. The summed E-state index contributed by atoms with van der Waals surface area (Å²) in [6.07, 6.45) is 9.05. The molecule has 126 valence electrons. The molecular formula is C19H25N5. The average molecular weight is 323 g/mol. The number of nitrogens with zero attached hydrogens (tertiary/aromatic N) is 5. The second-order valence-electron chi connectivity index (χ2n) is 6.88. The molecule has 2 fully saturated rings. The van der Waals surface area contributed by atoms with Gasteiger partial charge < -0.3 is 9.80 Å². The van der Waals surface area contributed by atoms with Crippen LogP contribution in [-0.2, 0) is 0 Å². The first-order chi connectivity index (χ1) is 11.8. The van der Waals surface area contributed by atoms with Gasteiger partial charge in [-0.25, -0.2) is 15.0 Å². The number of aryl methyl sites for hydroxylation is 1. The van der Waals surface area contributed by atoms with Crippen LogP contribution < -0.4 is 9.80 Å². The number of piperazine rings is 1. The summed E-state index contributed by atoms with van der Waals surface area (Å²) in [6.45, 7) is 5.96. The predicted octanol–water partition coefficient (Wildman–Crippen LogP) is 3.16. The van der Waals surface area contributed by atoms with Crippen molar-refractivity contribution in [3.05, 3.63) is 41.9 Å². The molecule has 1 saturated carbocycles. The van der Waals surface area contributed by atoms with E-state index in [0.29, 0.717) is 5.92 Å². The van der Waals surface area contributed by atoms with Crippen LogP contribution in [0.1, 0.15) is 42.9 Å². The van der Waals surface area contributed by atoms with Crippen LogP contribution >= 0.6 is 0 Å². The van der Waals surface area contributed by atoms with Crippen molar-refractivity contribution in [2.24, 2.45) is 0 Å². The Kier molecular flexibility index (Phi) is 4.32. The van der Waals surface area contributed by atoms with Crippen LogP contribution in [0.4, 0.5) is 11.8 Å². The van der Waals surface area contributed by atoms with E-state index in [0.717, 1.165) is 37.9 Å². The van der Waals surface area contributed by atoms with Gasteiger partial charge >= 0.3 is 0 Å².